The van der Waals surface area contributed by atoms with Crippen molar-refractivity contribution in [1.29, 1.82) is 0 Å². The molecule has 0 aliphatic rings. The quantitative estimate of drug-likeness (QED) is 0.646. The van der Waals surface area contributed by atoms with E-state index >= 15 is 0 Å². The Labute approximate surface area is 139 Å². The fourth-order valence-corrected chi connectivity index (χ4v) is 3.35. The number of aromatic nitrogens is 2. The summed E-state index contributed by atoms with van der Waals surface area (Å²) in [5, 5.41) is 2.80. The van der Waals surface area contributed by atoms with Crippen molar-refractivity contribution in [3.8, 4) is 22.1 Å². The predicted molar refractivity (Wildman–Crippen MR) is 92.9 cm³/mol. The van der Waals surface area contributed by atoms with E-state index < -0.39 is 0 Å². The molecule has 0 fully saturated rings. The number of ether oxygens (including phenoxy) is 1. The summed E-state index contributed by atoms with van der Waals surface area (Å²) in [5.41, 5.74) is 3.72. The highest BCUT2D eigenvalue weighted by Crippen LogP contribution is 2.32. The Morgan fingerprint density at radius 3 is 2.83 bits per heavy atom. The van der Waals surface area contributed by atoms with Crippen LogP contribution in [0, 0.1) is 0 Å². The second kappa shape index (κ2) is 6.38. The molecule has 3 aromatic rings. The molecule has 0 saturated heterocycles. The summed E-state index contributed by atoms with van der Waals surface area (Å²) in [5.74, 6) is 1.27. The zero-order valence-corrected chi connectivity index (χ0v) is 14.1. The molecule has 0 radical (unpaired) electrons. The van der Waals surface area contributed by atoms with E-state index in [2.05, 4.69) is 24.9 Å². The number of aldehydes is 1. The van der Waals surface area contributed by atoms with Gasteiger partial charge < -0.3 is 4.74 Å². The van der Waals surface area contributed by atoms with Gasteiger partial charge in [-0.3, -0.25) is 9.36 Å². The van der Waals surface area contributed by atoms with E-state index in [-0.39, 0.29) is 0 Å². The minimum Gasteiger partial charge on any atom is -0.496 e. The third-order valence-electron chi connectivity index (χ3n) is 3.75. The van der Waals surface area contributed by atoms with Crippen LogP contribution in [-0.4, -0.2) is 22.9 Å². The summed E-state index contributed by atoms with van der Waals surface area (Å²) in [7, 11) is 1.69. The van der Waals surface area contributed by atoms with Gasteiger partial charge in [-0.15, -0.1) is 11.3 Å². The number of methoxy groups -OCH3 is 1. The molecule has 0 aliphatic carbocycles. The van der Waals surface area contributed by atoms with Crippen molar-refractivity contribution in [2.75, 3.05) is 7.11 Å². The molecule has 0 spiro atoms. The average Bonchev–Trinajstić information content (AvgIpc) is 3.22. The molecule has 3 rings (SSSR count). The molecule has 0 unspecified atom stereocenters. The molecular formula is C18H18N2O2S. The number of hydrogen-bond acceptors (Lipinski definition) is 4. The van der Waals surface area contributed by atoms with Crippen molar-refractivity contribution in [3.05, 3.63) is 53.2 Å². The molecular weight excluding hydrogens is 308 g/mol. The molecule has 0 aliphatic heterocycles. The van der Waals surface area contributed by atoms with Crippen LogP contribution in [0.1, 0.15) is 35.8 Å². The van der Waals surface area contributed by atoms with Gasteiger partial charge in [0.05, 0.1) is 18.5 Å². The molecule has 5 heteroatoms. The standard InChI is InChI=1S/C18H18N2O2S/c1-12(2)15-9-13(6-7-17(15)22-3)16-11-23-18(19-16)20-8-4-5-14(20)10-21/h4-12H,1-3H3. The van der Waals surface area contributed by atoms with Crippen molar-refractivity contribution < 1.29 is 9.53 Å². The monoisotopic (exact) mass is 326 g/mol. The van der Waals surface area contributed by atoms with Crippen molar-refractivity contribution >= 4 is 17.6 Å². The van der Waals surface area contributed by atoms with E-state index in [9.17, 15) is 4.79 Å². The van der Waals surface area contributed by atoms with Crippen molar-refractivity contribution in [2.45, 2.75) is 19.8 Å². The zero-order chi connectivity index (χ0) is 16.4. The summed E-state index contributed by atoms with van der Waals surface area (Å²) in [6.45, 7) is 4.29. The number of thiazole rings is 1. The van der Waals surface area contributed by atoms with Gasteiger partial charge in [-0.2, -0.15) is 0 Å². The fraction of sp³-hybridized carbons (Fsp3) is 0.222. The van der Waals surface area contributed by atoms with Crippen LogP contribution in [0.4, 0.5) is 0 Å². The Bertz CT molecular complexity index is 833. The first-order valence-corrected chi connectivity index (χ1v) is 8.28. The van der Waals surface area contributed by atoms with E-state index in [1.807, 2.05) is 29.8 Å². The molecule has 0 saturated carbocycles. The highest BCUT2D eigenvalue weighted by molar-refractivity contribution is 7.12. The summed E-state index contributed by atoms with van der Waals surface area (Å²) in [4.78, 5) is 15.7. The van der Waals surface area contributed by atoms with Gasteiger partial charge in [0.1, 0.15) is 5.75 Å². The predicted octanol–water partition coefficient (Wildman–Crippen LogP) is 4.55. The number of carbonyl (C=O) groups is 1. The molecule has 0 bridgehead atoms. The van der Waals surface area contributed by atoms with E-state index in [4.69, 9.17) is 4.74 Å². The summed E-state index contributed by atoms with van der Waals surface area (Å²) in [6.07, 6.45) is 2.69. The summed E-state index contributed by atoms with van der Waals surface area (Å²) >= 11 is 1.52. The number of carbonyl (C=O) groups excluding carboxylic acids is 1. The van der Waals surface area contributed by atoms with E-state index in [1.54, 1.807) is 17.7 Å². The van der Waals surface area contributed by atoms with Gasteiger partial charge in [-0.25, -0.2) is 4.98 Å². The maximum absolute atomic E-state index is 11.1. The Kier molecular flexibility index (Phi) is 4.30. The largest absolute Gasteiger partial charge is 0.496 e. The SMILES string of the molecule is COc1ccc(-c2csc(-n3cccc3C=O)n2)cc1C(C)C. The lowest BCUT2D eigenvalue weighted by atomic mass is 9.99. The van der Waals surface area contributed by atoms with Crippen LogP contribution in [0.3, 0.4) is 0 Å². The van der Waals surface area contributed by atoms with E-state index in [0.717, 1.165) is 34.0 Å². The van der Waals surface area contributed by atoms with Gasteiger partial charge in [0.2, 0.25) is 0 Å². The molecule has 4 nitrogen and oxygen atoms in total. The highest BCUT2D eigenvalue weighted by atomic mass is 32.1. The molecule has 0 amide bonds. The average molecular weight is 326 g/mol. The van der Waals surface area contributed by atoms with Gasteiger partial charge in [-0.1, -0.05) is 13.8 Å². The second-order valence-electron chi connectivity index (χ2n) is 5.55. The molecule has 0 atom stereocenters. The molecule has 23 heavy (non-hydrogen) atoms. The van der Waals surface area contributed by atoms with Gasteiger partial charge in [0, 0.05) is 17.1 Å². The molecule has 118 valence electrons. The smallest absolute Gasteiger partial charge is 0.194 e. The number of nitrogens with zero attached hydrogens (tertiary/aromatic N) is 2. The van der Waals surface area contributed by atoms with Crippen LogP contribution < -0.4 is 4.74 Å². The van der Waals surface area contributed by atoms with E-state index in [0.29, 0.717) is 11.6 Å². The third-order valence-corrected chi connectivity index (χ3v) is 4.59. The van der Waals surface area contributed by atoms with Crippen molar-refractivity contribution in [1.82, 2.24) is 9.55 Å². The Morgan fingerprint density at radius 2 is 2.13 bits per heavy atom. The number of hydrogen-bond donors (Lipinski definition) is 0. The summed E-state index contributed by atoms with van der Waals surface area (Å²) < 4.78 is 7.23. The second-order valence-corrected chi connectivity index (χ2v) is 6.38. The van der Waals surface area contributed by atoms with Crippen molar-refractivity contribution in [3.63, 3.8) is 0 Å². The Hall–Kier alpha value is -2.40. The lowest BCUT2D eigenvalue weighted by Gasteiger charge is -2.12. The number of rotatable bonds is 5. The Morgan fingerprint density at radius 1 is 1.30 bits per heavy atom. The third kappa shape index (κ3) is 2.92. The normalized spacial score (nSPS) is 11.0. The first kappa shape index (κ1) is 15.5. The zero-order valence-electron chi connectivity index (χ0n) is 13.3. The van der Waals surface area contributed by atoms with Crippen LogP contribution in [0.5, 0.6) is 5.75 Å². The van der Waals surface area contributed by atoms with Gasteiger partial charge in [0.25, 0.3) is 0 Å². The maximum Gasteiger partial charge on any atom is 0.194 e. The van der Waals surface area contributed by atoms with Crippen LogP contribution in [-0.2, 0) is 0 Å². The van der Waals surface area contributed by atoms with Crippen LogP contribution >= 0.6 is 11.3 Å². The van der Waals surface area contributed by atoms with E-state index in [1.165, 1.54) is 11.3 Å². The topological polar surface area (TPSA) is 44.1 Å². The minimum atomic E-state index is 0.370. The first-order valence-electron chi connectivity index (χ1n) is 7.40. The molecule has 1 aromatic carbocycles. The summed E-state index contributed by atoms with van der Waals surface area (Å²) in [6, 6.07) is 9.74. The van der Waals surface area contributed by atoms with Crippen LogP contribution in [0.25, 0.3) is 16.4 Å². The van der Waals surface area contributed by atoms with Crippen LogP contribution in [0.15, 0.2) is 41.9 Å². The number of benzene rings is 1. The van der Waals surface area contributed by atoms with Gasteiger partial charge in [-0.05, 0) is 41.8 Å². The van der Waals surface area contributed by atoms with Crippen molar-refractivity contribution in [2.24, 2.45) is 0 Å². The highest BCUT2D eigenvalue weighted by Gasteiger charge is 2.12. The lowest BCUT2D eigenvalue weighted by Crippen LogP contribution is -1.97. The Balaban J connectivity index is 2.00. The molecule has 2 aromatic heterocycles. The van der Waals surface area contributed by atoms with Crippen LogP contribution in [0.2, 0.25) is 0 Å². The fourth-order valence-electron chi connectivity index (χ4n) is 2.52. The molecule has 0 N–H and O–H groups in total. The maximum atomic E-state index is 11.1. The van der Waals surface area contributed by atoms with Gasteiger partial charge >= 0.3 is 0 Å². The minimum absolute atomic E-state index is 0.370. The lowest BCUT2D eigenvalue weighted by molar-refractivity contribution is 0.111. The molecule has 2 heterocycles. The van der Waals surface area contributed by atoms with Gasteiger partial charge in [0.15, 0.2) is 11.4 Å². The first-order chi connectivity index (χ1) is 11.1.